The molecule has 0 unspecified atom stereocenters. The van der Waals surface area contributed by atoms with Crippen LogP contribution in [0.5, 0.6) is 0 Å². The Morgan fingerprint density at radius 3 is 2.63 bits per heavy atom. The highest BCUT2D eigenvalue weighted by Gasteiger charge is 2.26. The number of aromatic nitrogens is 2. The highest BCUT2D eigenvalue weighted by atomic mass is 16.6. The molecular formula is C12H19N5O2. The first-order chi connectivity index (χ1) is 8.99. The van der Waals surface area contributed by atoms with E-state index in [1.165, 1.54) is 25.7 Å². The molecule has 0 saturated heterocycles. The summed E-state index contributed by atoms with van der Waals surface area (Å²) < 4.78 is 0. The SMILES string of the molecule is Cc1nc(N)nc(N(C)CC2CCCC2)c1[N+](=O)[O-]. The van der Waals surface area contributed by atoms with Gasteiger partial charge in [-0.15, -0.1) is 0 Å². The lowest BCUT2D eigenvalue weighted by molar-refractivity contribution is -0.385. The number of nitrogens with zero attached hydrogens (tertiary/aromatic N) is 4. The summed E-state index contributed by atoms with van der Waals surface area (Å²) in [6, 6.07) is 0. The fourth-order valence-corrected chi connectivity index (χ4v) is 2.72. The van der Waals surface area contributed by atoms with Crippen molar-refractivity contribution in [1.82, 2.24) is 9.97 Å². The Balaban J connectivity index is 2.28. The summed E-state index contributed by atoms with van der Waals surface area (Å²) in [5.41, 5.74) is 5.87. The van der Waals surface area contributed by atoms with Crippen molar-refractivity contribution in [3.05, 3.63) is 15.8 Å². The van der Waals surface area contributed by atoms with Gasteiger partial charge >= 0.3 is 5.69 Å². The van der Waals surface area contributed by atoms with Crippen molar-refractivity contribution in [2.45, 2.75) is 32.6 Å². The molecule has 0 atom stereocenters. The summed E-state index contributed by atoms with van der Waals surface area (Å²) in [5.74, 6) is 0.986. The highest BCUT2D eigenvalue weighted by molar-refractivity contribution is 5.61. The first-order valence-corrected chi connectivity index (χ1v) is 6.48. The van der Waals surface area contributed by atoms with Crippen molar-refractivity contribution in [2.24, 2.45) is 5.92 Å². The van der Waals surface area contributed by atoms with E-state index < -0.39 is 4.92 Å². The molecule has 7 heteroatoms. The Kier molecular flexibility index (Phi) is 3.82. The maximum atomic E-state index is 11.2. The van der Waals surface area contributed by atoms with Crippen molar-refractivity contribution >= 4 is 17.5 Å². The van der Waals surface area contributed by atoms with Gasteiger partial charge in [-0.3, -0.25) is 10.1 Å². The Morgan fingerprint density at radius 2 is 2.05 bits per heavy atom. The quantitative estimate of drug-likeness (QED) is 0.659. The molecule has 7 nitrogen and oxygen atoms in total. The third kappa shape index (κ3) is 2.91. The Morgan fingerprint density at radius 1 is 1.42 bits per heavy atom. The highest BCUT2D eigenvalue weighted by Crippen LogP contribution is 2.31. The van der Waals surface area contributed by atoms with E-state index in [1.807, 2.05) is 11.9 Å². The first kappa shape index (κ1) is 13.5. The van der Waals surface area contributed by atoms with Gasteiger partial charge in [0, 0.05) is 13.6 Å². The molecule has 2 rings (SSSR count). The first-order valence-electron chi connectivity index (χ1n) is 6.48. The lowest BCUT2D eigenvalue weighted by atomic mass is 10.1. The molecule has 1 heterocycles. The van der Waals surface area contributed by atoms with Crippen LogP contribution in [0, 0.1) is 23.0 Å². The monoisotopic (exact) mass is 265 g/mol. The zero-order chi connectivity index (χ0) is 14.0. The average Bonchev–Trinajstić information content (AvgIpc) is 2.79. The van der Waals surface area contributed by atoms with Crippen LogP contribution in [-0.2, 0) is 0 Å². The molecule has 0 bridgehead atoms. The second-order valence-electron chi connectivity index (χ2n) is 5.13. The minimum atomic E-state index is -0.435. The molecule has 0 aliphatic heterocycles. The van der Waals surface area contributed by atoms with Gasteiger partial charge in [-0.2, -0.15) is 4.98 Å². The van der Waals surface area contributed by atoms with Gasteiger partial charge in [0.2, 0.25) is 11.8 Å². The van der Waals surface area contributed by atoms with E-state index in [2.05, 4.69) is 9.97 Å². The molecule has 1 saturated carbocycles. The number of aryl methyl sites for hydroxylation is 1. The topological polar surface area (TPSA) is 98.2 Å². The van der Waals surface area contributed by atoms with E-state index in [0.29, 0.717) is 17.4 Å². The van der Waals surface area contributed by atoms with Crippen LogP contribution in [0.15, 0.2) is 0 Å². The Hall–Kier alpha value is -1.92. The van der Waals surface area contributed by atoms with Crippen LogP contribution in [0.3, 0.4) is 0 Å². The van der Waals surface area contributed by atoms with Gasteiger partial charge in [-0.1, -0.05) is 12.8 Å². The number of hydrogen-bond donors (Lipinski definition) is 1. The van der Waals surface area contributed by atoms with E-state index in [9.17, 15) is 10.1 Å². The molecule has 1 aromatic heterocycles. The number of nitrogens with two attached hydrogens (primary N) is 1. The summed E-state index contributed by atoms with van der Waals surface area (Å²) in [7, 11) is 1.83. The third-order valence-corrected chi connectivity index (χ3v) is 3.61. The lowest BCUT2D eigenvalue weighted by Gasteiger charge is -2.22. The van der Waals surface area contributed by atoms with E-state index >= 15 is 0 Å². The number of nitro groups is 1. The second-order valence-corrected chi connectivity index (χ2v) is 5.13. The summed E-state index contributed by atoms with van der Waals surface area (Å²) >= 11 is 0. The number of hydrogen-bond acceptors (Lipinski definition) is 6. The molecule has 2 N–H and O–H groups in total. The maximum Gasteiger partial charge on any atom is 0.332 e. The van der Waals surface area contributed by atoms with E-state index in [-0.39, 0.29) is 11.6 Å². The molecule has 1 fully saturated rings. The number of nitrogen functional groups attached to an aromatic ring is 1. The predicted octanol–water partition coefficient (Wildman–Crippen LogP) is 1.90. The Bertz CT molecular complexity index is 485. The molecular weight excluding hydrogens is 246 g/mol. The van der Waals surface area contributed by atoms with Crippen LogP contribution in [0.1, 0.15) is 31.4 Å². The zero-order valence-electron chi connectivity index (χ0n) is 11.3. The van der Waals surface area contributed by atoms with E-state index in [0.717, 1.165) is 6.54 Å². The van der Waals surface area contributed by atoms with Gasteiger partial charge in [-0.05, 0) is 25.7 Å². The van der Waals surface area contributed by atoms with Crippen LogP contribution in [0.2, 0.25) is 0 Å². The van der Waals surface area contributed by atoms with Crippen molar-refractivity contribution in [2.75, 3.05) is 24.2 Å². The molecule has 104 valence electrons. The molecule has 0 spiro atoms. The predicted molar refractivity (Wildman–Crippen MR) is 73.1 cm³/mol. The number of rotatable bonds is 4. The van der Waals surface area contributed by atoms with E-state index in [1.54, 1.807) is 6.92 Å². The summed E-state index contributed by atoms with van der Waals surface area (Å²) in [4.78, 5) is 20.5. The molecule has 0 amide bonds. The number of anilines is 2. The molecule has 0 aromatic carbocycles. The maximum absolute atomic E-state index is 11.2. The van der Waals surface area contributed by atoms with Gasteiger partial charge in [0.15, 0.2) is 0 Å². The Labute approximate surface area is 112 Å². The van der Waals surface area contributed by atoms with Crippen molar-refractivity contribution < 1.29 is 4.92 Å². The zero-order valence-corrected chi connectivity index (χ0v) is 11.3. The molecule has 19 heavy (non-hydrogen) atoms. The summed E-state index contributed by atoms with van der Waals surface area (Å²) in [6.45, 7) is 2.36. The fourth-order valence-electron chi connectivity index (χ4n) is 2.72. The van der Waals surface area contributed by atoms with Crippen LogP contribution >= 0.6 is 0 Å². The molecule has 1 aromatic rings. The van der Waals surface area contributed by atoms with Gasteiger partial charge in [0.1, 0.15) is 5.69 Å². The average molecular weight is 265 g/mol. The molecule has 1 aliphatic rings. The van der Waals surface area contributed by atoms with Crippen LogP contribution in [-0.4, -0.2) is 28.5 Å². The second kappa shape index (κ2) is 5.38. The van der Waals surface area contributed by atoms with E-state index in [4.69, 9.17) is 5.73 Å². The standard InChI is InChI=1S/C12H19N5O2/c1-8-10(17(18)19)11(15-12(13)14-8)16(2)7-9-5-3-4-6-9/h9H,3-7H2,1-2H3,(H2,13,14,15). The van der Waals surface area contributed by atoms with Gasteiger partial charge in [-0.25, -0.2) is 4.98 Å². The van der Waals surface area contributed by atoms with Crippen LogP contribution < -0.4 is 10.6 Å². The van der Waals surface area contributed by atoms with Gasteiger partial charge in [0.05, 0.1) is 4.92 Å². The normalized spacial score (nSPS) is 15.7. The smallest absolute Gasteiger partial charge is 0.332 e. The summed E-state index contributed by atoms with van der Waals surface area (Å²) in [5, 5.41) is 11.2. The van der Waals surface area contributed by atoms with Crippen LogP contribution in [0.25, 0.3) is 0 Å². The largest absolute Gasteiger partial charge is 0.368 e. The molecule has 0 radical (unpaired) electrons. The molecule has 1 aliphatic carbocycles. The fraction of sp³-hybridized carbons (Fsp3) is 0.667. The van der Waals surface area contributed by atoms with Gasteiger partial charge in [0.25, 0.3) is 0 Å². The van der Waals surface area contributed by atoms with Crippen molar-refractivity contribution in [1.29, 1.82) is 0 Å². The minimum absolute atomic E-state index is 0.0466. The van der Waals surface area contributed by atoms with Crippen molar-refractivity contribution in [3.8, 4) is 0 Å². The van der Waals surface area contributed by atoms with Gasteiger partial charge < -0.3 is 10.6 Å². The van der Waals surface area contributed by atoms with Crippen LogP contribution in [0.4, 0.5) is 17.5 Å². The van der Waals surface area contributed by atoms with Crippen molar-refractivity contribution in [3.63, 3.8) is 0 Å². The third-order valence-electron chi connectivity index (χ3n) is 3.61. The lowest BCUT2D eigenvalue weighted by Crippen LogP contribution is -2.26. The minimum Gasteiger partial charge on any atom is -0.368 e. The summed E-state index contributed by atoms with van der Waals surface area (Å²) in [6.07, 6.45) is 4.84.